The van der Waals surface area contributed by atoms with Crippen molar-refractivity contribution in [1.82, 2.24) is 15.2 Å². The minimum absolute atomic E-state index is 0.312. The van der Waals surface area contributed by atoms with E-state index in [-0.39, 0.29) is 0 Å². The van der Waals surface area contributed by atoms with Crippen LogP contribution in [0.5, 0.6) is 0 Å². The average Bonchev–Trinajstić information content (AvgIpc) is 2.29. The van der Waals surface area contributed by atoms with Gasteiger partial charge in [0, 0.05) is 5.56 Å². The molecular formula is C11H12N4. The molecule has 1 aromatic carbocycles. The van der Waals surface area contributed by atoms with Crippen molar-refractivity contribution in [3.05, 3.63) is 41.9 Å². The molecule has 1 aromatic heterocycles. The minimum Gasteiger partial charge on any atom is -0.324 e. The smallest absolute Gasteiger partial charge is 0.165 e. The molecule has 0 bridgehead atoms. The lowest BCUT2D eigenvalue weighted by Gasteiger charge is -2.02. The van der Waals surface area contributed by atoms with Gasteiger partial charge in [0.05, 0.1) is 18.4 Å². The molecule has 1 heterocycles. The topological polar surface area (TPSA) is 64.7 Å². The third-order valence-electron chi connectivity index (χ3n) is 2.10. The van der Waals surface area contributed by atoms with E-state index in [9.17, 15) is 0 Å². The van der Waals surface area contributed by atoms with Gasteiger partial charge in [-0.15, -0.1) is 5.10 Å². The van der Waals surface area contributed by atoms with Crippen molar-refractivity contribution in [3.8, 4) is 11.3 Å². The second-order valence-corrected chi connectivity index (χ2v) is 3.33. The number of nitrogens with zero attached hydrogens (tertiary/aromatic N) is 3. The predicted molar refractivity (Wildman–Crippen MR) is 57.9 cm³/mol. The Morgan fingerprint density at radius 1 is 1.33 bits per heavy atom. The Balaban J connectivity index is 2.44. The van der Waals surface area contributed by atoms with Crippen LogP contribution < -0.4 is 5.73 Å². The van der Waals surface area contributed by atoms with Gasteiger partial charge in [0.15, 0.2) is 5.82 Å². The first-order valence-electron chi connectivity index (χ1n) is 4.75. The molecule has 4 heteroatoms. The van der Waals surface area contributed by atoms with Crippen molar-refractivity contribution in [2.45, 2.75) is 13.5 Å². The Kier molecular flexibility index (Phi) is 2.69. The second-order valence-electron chi connectivity index (χ2n) is 3.33. The maximum Gasteiger partial charge on any atom is 0.165 e. The zero-order chi connectivity index (χ0) is 10.7. The maximum absolute atomic E-state index is 5.46. The monoisotopic (exact) mass is 200 g/mol. The molecule has 0 fully saturated rings. The zero-order valence-electron chi connectivity index (χ0n) is 8.51. The van der Waals surface area contributed by atoms with Crippen LogP contribution in [0.3, 0.4) is 0 Å². The number of hydrogen-bond donors (Lipinski definition) is 1. The highest BCUT2D eigenvalue weighted by Gasteiger charge is 2.01. The zero-order valence-corrected chi connectivity index (χ0v) is 8.51. The molecule has 4 nitrogen and oxygen atoms in total. The standard InChI is InChI=1S/C11H12N4/c1-8-3-2-4-9(5-8)10-7-13-15-11(6-12)14-10/h2-5,7H,6,12H2,1H3. The summed E-state index contributed by atoms with van der Waals surface area (Å²) in [6.45, 7) is 2.36. The second kappa shape index (κ2) is 4.14. The summed E-state index contributed by atoms with van der Waals surface area (Å²) in [6, 6.07) is 8.10. The van der Waals surface area contributed by atoms with E-state index in [1.54, 1.807) is 6.20 Å². The Bertz CT molecular complexity index is 468. The SMILES string of the molecule is Cc1cccc(-c2cnnc(CN)n2)c1. The summed E-state index contributed by atoms with van der Waals surface area (Å²) < 4.78 is 0. The van der Waals surface area contributed by atoms with E-state index in [1.165, 1.54) is 5.56 Å². The minimum atomic E-state index is 0.312. The fourth-order valence-electron chi connectivity index (χ4n) is 1.37. The van der Waals surface area contributed by atoms with Gasteiger partial charge in [-0.3, -0.25) is 0 Å². The largest absolute Gasteiger partial charge is 0.324 e. The third-order valence-corrected chi connectivity index (χ3v) is 2.10. The van der Waals surface area contributed by atoms with Crippen molar-refractivity contribution in [1.29, 1.82) is 0 Å². The molecule has 15 heavy (non-hydrogen) atoms. The molecule has 0 atom stereocenters. The lowest BCUT2D eigenvalue weighted by molar-refractivity contribution is 0.834. The number of aryl methyl sites for hydroxylation is 1. The lowest BCUT2D eigenvalue weighted by atomic mass is 10.1. The van der Waals surface area contributed by atoms with Crippen LogP contribution in [0.15, 0.2) is 30.5 Å². The summed E-state index contributed by atoms with van der Waals surface area (Å²) in [4.78, 5) is 4.30. The van der Waals surface area contributed by atoms with Gasteiger partial charge in [-0.2, -0.15) is 5.10 Å². The van der Waals surface area contributed by atoms with E-state index in [1.807, 2.05) is 25.1 Å². The van der Waals surface area contributed by atoms with E-state index >= 15 is 0 Å². The van der Waals surface area contributed by atoms with Crippen molar-refractivity contribution in [2.75, 3.05) is 0 Å². The highest BCUT2D eigenvalue weighted by molar-refractivity contribution is 5.58. The van der Waals surface area contributed by atoms with Gasteiger partial charge in [-0.05, 0) is 13.0 Å². The van der Waals surface area contributed by atoms with Gasteiger partial charge in [-0.1, -0.05) is 23.8 Å². The third kappa shape index (κ3) is 2.16. The summed E-state index contributed by atoms with van der Waals surface area (Å²) in [5.41, 5.74) is 8.51. The summed E-state index contributed by atoms with van der Waals surface area (Å²) in [5.74, 6) is 0.564. The van der Waals surface area contributed by atoms with Gasteiger partial charge in [-0.25, -0.2) is 4.98 Å². The van der Waals surface area contributed by atoms with Gasteiger partial charge in [0.2, 0.25) is 0 Å². The molecule has 0 saturated carbocycles. The normalized spacial score (nSPS) is 10.3. The van der Waals surface area contributed by atoms with E-state index in [0.29, 0.717) is 12.4 Å². The molecule has 2 N–H and O–H groups in total. The lowest BCUT2D eigenvalue weighted by Crippen LogP contribution is -2.04. The molecule has 0 spiro atoms. The molecule has 76 valence electrons. The average molecular weight is 200 g/mol. The number of rotatable bonds is 2. The quantitative estimate of drug-likeness (QED) is 0.793. The Hall–Kier alpha value is -1.81. The van der Waals surface area contributed by atoms with Crippen molar-refractivity contribution in [2.24, 2.45) is 5.73 Å². The Labute approximate surface area is 88.2 Å². The van der Waals surface area contributed by atoms with Gasteiger partial charge in [0.25, 0.3) is 0 Å². The molecule has 0 amide bonds. The number of nitrogens with two attached hydrogens (primary N) is 1. The summed E-state index contributed by atoms with van der Waals surface area (Å²) in [5, 5.41) is 7.69. The first kappa shape index (κ1) is 9.73. The number of hydrogen-bond acceptors (Lipinski definition) is 4. The van der Waals surface area contributed by atoms with Crippen LogP contribution in [-0.2, 0) is 6.54 Å². The molecule has 2 rings (SSSR count). The first-order valence-corrected chi connectivity index (χ1v) is 4.75. The molecule has 0 aliphatic rings. The summed E-state index contributed by atoms with van der Waals surface area (Å²) in [7, 11) is 0. The van der Waals surface area contributed by atoms with Crippen LogP contribution in [0.4, 0.5) is 0 Å². The van der Waals surface area contributed by atoms with Crippen LogP contribution >= 0.6 is 0 Å². The number of aromatic nitrogens is 3. The summed E-state index contributed by atoms with van der Waals surface area (Å²) in [6.07, 6.45) is 1.65. The molecule has 0 aliphatic carbocycles. The van der Waals surface area contributed by atoms with E-state index < -0.39 is 0 Å². The Morgan fingerprint density at radius 2 is 2.20 bits per heavy atom. The van der Waals surface area contributed by atoms with E-state index in [2.05, 4.69) is 21.2 Å². The van der Waals surface area contributed by atoms with Gasteiger partial charge in [0.1, 0.15) is 0 Å². The highest BCUT2D eigenvalue weighted by Crippen LogP contribution is 2.16. The highest BCUT2D eigenvalue weighted by atomic mass is 15.1. The van der Waals surface area contributed by atoms with Crippen LogP contribution in [-0.4, -0.2) is 15.2 Å². The molecular weight excluding hydrogens is 188 g/mol. The molecule has 2 aromatic rings. The fraction of sp³-hybridized carbons (Fsp3) is 0.182. The van der Waals surface area contributed by atoms with Crippen molar-refractivity contribution in [3.63, 3.8) is 0 Å². The van der Waals surface area contributed by atoms with Crippen LogP contribution in [0.25, 0.3) is 11.3 Å². The molecule has 0 saturated heterocycles. The maximum atomic E-state index is 5.46. The van der Waals surface area contributed by atoms with Crippen LogP contribution in [0, 0.1) is 6.92 Å². The van der Waals surface area contributed by atoms with Gasteiger partial charge >= 0.3 is 0 Å². The van der Waals surface area contributed by atoms with Crippen LogP contribution in [0.1, 0.15) is 11.4 Å². The number of benzene rings is 1. The fourth-order valence-corrected chi connectivity index (χ4v) is 1.37. The van der Waals surface area contributed by atoms with Crippen LogP contribution in [0.2, 0.25) is 0 Å². The predicted octanol–water partition coefficient (Wildman–Crippen LogP) is 1.31. The van der Waals surface area contributed by atoms with Crippen molar-refractivity contribution >= 4 is 0 Å². The first-order chi connectivity index (χ1) is 7.29. The van der Waals surface area contributed by atoms with Crippen molar-refractivity contribution < 1.29 is 0 Å². The van der Waals surface area contributed by atoms with Gasteiger partial charge < -0.3 is 5.73 Å². The summed E-state index contributed by atoms with van der Waals surface area (Å²) >= 11 is 0. The van der Waals surface area contributed by atoms with E-state index in [4.69, 9.17) is 5.73 Å². The Morgan fingerprint density at radius 3 is 2.93 bits per heavy atom. The van der Waals surface area contributed by atoms with E-state index in [0.717, 1.165) is 11.3 Å². The molecule has 0 radical (unpaired) electrons. The molecule has 0 aliphatic heterocycles. The molecule has 0 unspecified atom stereocenters.